The lowest BCUT2D eigenvalue weighted by molar-refractivity contribution is -0.484. The standard InChI is InChI=1S/C10H14N2O5/c1-6-8(7(2)13)9(14)11-10(6,3)17-5-4-12(15)16/h4-5H2,1-3H3,(H,11,14). The third-order valence-corrected chi connectivity index (χ3v) is 2.69. The Hall–Kier alpha value is -1.76. The highest BCUT2D eigenvalue weighted by Gasteiger charge is 2.41. The first kappa shape index (κ1) is 13.3. The van der Waals surface area contributed by atoms with Crippen LogP contribution in [0.15, 0.2) is 11.1 Å². The number of carbonyl (C=O) groups is 2. The van der Waals surface area contributed by atoms with Crippen molar-refractivity contribution in [1.82, 2.24) is 5.32 Å². The van der Waals surface area contributed by atoms with E-state index in [1.54, 1.807) is 13.8 Å². The molecule has 0 saturated heterocycles. The molecule has 17 heavy (non-hydrogen) atoms. The maximum absolute atomic E-state index is 11.5. The Bertz CT molecular complexity index is 415. The van der Waals surface area contributed by atoms with Crippen molar-refractivity contribution >= 4 is 11.7 Å². The molecular weight excluding hydrogens is 228 g/mol. The summed E-state index contributed by atoms with van der Waals surface area (Å²) in [6.07, 6.45) is 0. The molecule has 1 atom stereocenters. The van der Waals surface area contributed by atoms with Gasteiger partial charge in [0.25, 0.3) is 5.91 Å². The van der Waals surface area contributed by atoms with Crippen LogP contribution in [0.3, 0.4) is 0 Å². The van der Waals surface area contributed by atoms with Crippen molar-refractivity contribution in [3.05, 3.63) is 21.3 Å². The molecule has 7 heteroatoms. The van der Waals surface area contributed by atoms with Gasteiger partial charge in [-0.15, -0.1) is 0 Å². The Balaban J connectivity index is 2.81. The Morgan fingerprint density at radius 2 is 2.18 bits per heavy atom. The van der Waals surface area contributed by atoms with Crippen LogP contribution in [0, 0.1) is 10.1 Å². The van der Waals surface area contributed by atoms with Crippen LogP contribution in [-0.4, -0.2) is 35.5 Å². The number of nitrogens with one attached hydrogen (secondary N) is 1. The number of amides is 1. The second-order valence-corrected chi connectivity index (χ2v) is 3.95. The minimum absolute atomic E-state index is 0.0635. The molecule has 0 saturated carbocycles. The van der Waals surface area contributed by atoms with Crippen molar-refractivity contribution in [3.63, 3.8) is 0 Å². The molecule has 94 valence electrons. The monoisotopic (exact) mass is 242 g/mol. The normalized spacial score (nSPS) is 23.8. The summed E-state index contributed by atoms with van der Waals surface area (Å²) in [6.45, 7) is 3.97. The predicted octanol–water partition coefficient (Wildman–Crippen LogP) is 0.0312. The maximum atomic E-state index is 11.5. The van der Waals surface area contributed by atoms with Crippen LogP contribution in [0.25, 0.3) is 0 Å². The smallest absolute Gasteiger partial charge is 0.257 e. The van der Waals surface area contributed by atoms with Gasteiger partial charge in [-0.1, -0.05) is 0 Å². The van der Waals surface area contributed by atoms with Crippen LogP contribution in [0.1, 0.15) is 20.8 Å². The van der Waals surface area contributed by atoms with Gasteiger partial charge in [-0.2, -0.15) is 0 Å². The highest BCUT2D eigenvalue weighted by Crippen LogP contribution is 2.28. The predicted molar refractivity (Wildman–Crippen MR) is 57.7 cm³/mol. The highest BCUT2D eigenvalue weighted by atomic mass is 16.6. The molecule has 1 unspecified atom stereocenters. The Kier molecular flexibility index (Phi) is 3.62. The van der Waals surface area contributed by atoms with E-state index in [0.29, 0.717) is 5.57 Å². The third kappa shape index (κ3) is 2.68. The zero-order valence-corrected chi connectivity index (χ0v) is 9.90. The van der Waals surface area contributed by atoms with Crippen molar-refractivity contribution in [2.24, 2.45) is 0 Å². The minimum atomic E-state index is -1.13. The molecule has 0 aromatic carbocycles. The number of Topliss-reactive ketones (excluding diaryl/α,β-unsaturated/α-hetero) is 1. The minimum Gasteiger partial charge on any atom is -0.345 e. The van der Waals surface area contributed by atoms with Gasteiger partial charge in [0.15, 0.2) is 11.5 Å². The number of hydrogen-bond donors (Lipinski definition) is 1. The molecule has 0 fully saturated rings. The lowest BCUT2D eigenvalue weighted by Gasteiger charge is -2.25. The molecule has 1 heterocycles. The highest BCUT2D eigenvalue weighted by molar-refractivity contribution is 6.21. The van der Waals surface area contributed by atoms with Gasteiger partial charge in [0, 0.05) is 4.92 Å². The molecule has 0 aromatic rings. The summed E-state index contributed by atoms with van der Waals surface area (Å²) < 4.78 is 5.28. The largest absolute Gasteiger partial charge is 0.345 e. The van der Waals surface area contributed by atoms with Gasteiger partial charge in [0.2, 0.25) is 6.54 Å². The quantitative estimate of drug-likeness (QED) is 0.416. The van der Waals surface area contributed by atoms with E-state index in [-0.39, 0.29) is 24.5 Å². The van der Waals surface area contributed by atoms with Gasteiger partial charge in [-0.25, -0.2) is 0 Å². The zero-order valence-electron chi connectivity index (χ0n) is 9.90. The average Bonchev–Trinajstić information content (AvgIpc) is 2.36. The molecule has 1 aliphatic heterocycles. The summed E-state index contributed by atoms with van der Waals surface area (Å²) in [6, 6.07) is 0. The number of rotatable bonds is 5. The number of hydrogen-bond acceptors (Lipinski definition) is 5. The second-order valence-electron chi connectivity index (χ2n) is 3.95. The third-order valence-electron chi connectivity index (χ3n) is 2.69. The number of carbonyl (C=O) groups excluding carboxylic acids is 2. The Morgan fingerprint density at radius 3 is 2.59 bits per heavy atom. The van der Waals surface area contributed by atoms with Gasteiger partial charge < -0.3 is 10.1 Å². The molecule has 0 aromatic heterocycles. The van der Waals surface area contributed by atoms with Gasteiger partial charge in [-0.3, -0.25) is 19.7 Å². The van der Waals surface area contributed by atoms with E-state index < -0.39 is 16.6 Å². The molecule has 0 bridgehead atoms. The number of ether oxygens (including phenoxy) is 1. The van der Waals surface area contributed by atoms with Crippen molar-refractivity contribution in [1.29, 1.82) is 0 Å². The van der Waals surface area contributed by atoms with E-state index in [1.807, 2.05) is 0 Å². The van der Waals surface area contributed by atoms with Gasteiger partial charge in [-0.05, 0) is 26.3 Å². The van der Waals surface area contributed by atoms with E-state index in [9.17, 15) is 19.7 Å². The molecule has 1 aliphatic rings. The average molecular weight is 242 g/mol. The van der Waals surface area contributed by atoms with Crippen LogP contribution in [0.4, 0.5) is 0 Å². The fraction of sp³-hybridized carbons (Fsp3) is 0.600. The number of nitro groups is 1. The molecule has 7 nitrogen and oxygen atoms in total. The summed E-state index contributed by atoms with van der Waals surface area (Å²) in [5.41, 5.74) is -0.611. The molecule has 0 radical (unpaired) electrons. The summed E-state index contributed by atoms with van der Waals surface area (Å²) in [4.78, 5) is 32.4. The van der Waals surface area contributed by atoms with Crippen LogP contribution in [0.2, 0.25) is 0 Å². The molecule has 0 spiro atoms. The summed E-state index contributed by atoms with van der Waals surface area (Å²) in [5.74, 6) is -0.847. The van der Waals surface area contributed by atoms with Crippen LogP contribution >= 0.6 is 0 Å². The van der Waals surface area contributed by atoms with Crippen molar-refractivity contribution < 1.29 is 19.2 Å². The number of nitrogens with zero attached hydrogens (tertiary/aromatic N) is 1. The molecule has 1 rings (SSSR count). The fourth-order valence-corrected chi connectivity index (χ4v) is 1.67. The lowest BCUT2D eigenvalue weighted by Crippen LogP contribution is -2.44. The van der Waals surface area contributed by atoms with E-state index >= 15 is 0 Å². The van der Waals surface area contributed by atoms with Crippen LogP contribution in [-0.2, 0) is 14.3 Å². The first-order valence-electron chi connectivity index (χ1n) is 5.08. The maximum Gasteiger partial charge on any atom is 0.257 e. The topological polar surface area (TPSA) is 98.5 Å². The summed E-state index contributed by atoms with van der Waals surface area (Å²) in [5, 5.41) is 12.7. The summed E-state index contributed by atoms with van der Waals surface area (Å²) >= 11 is 0. The van der Waals surface area contributed by atoms with E-state index in [0.717, 1.165) is 0 Å². The molecule has 1 N–H and O–H groups in total. The SMILES string of the molecule is CC(=O)C1=C(C)C(C)(OCC[N+](=O)[O-])NC1=O. The fourth-order valence-electron chi connectivity index (χ4n) is 1.67. The molecular formula is C10H14N2O5. The van der Waals surface area contributed by atoms with E-state index in [2.05, 4.69) is 5.32 Å². The second kappa shape index (κ2) is 4.62. The Labute approximate surface area is 98.0 Å². The zero-order chi connectivity index (χ0) is 13.2. The molecule has 1 amide bonds. The van der Waals surface area contributed by atoms with Crippen LogP contribution < -0.4 is 5.32 Å². The first-order valence-corrected chi connectivity index (χ1v) is 5.08. The lowest BCUT2D eigenvalue weighted by atomic mass is 10.0. The van der Waals surface area contributed by atoms with Gasteiger partial charge in [0.05, 0.1) is 5.57 Å². The van der Waals surface area contributed by atoms with Gasteiger partial charge >= 0.3 is 0 Å². The van der Waals surface area contributed by atoms with Gasteiger partial charge in [0.1, 0.15) is 6.61 Å². The van der Waals surface area contributed by atoms with Crippen LogP contribution in [0.5, 0.6) is 0 Å². The van der Waals surface area contributed by atoms with E-state index in [4.69, 9.17) is 4.74 Å². The van der Waals surface area contributed by atoms with Crippen molar-refractivity contribution in [3.8, 4) is 0 Å². The van der Waals surface area contributed by atoms with E-state index in [1.165, 1.54) is 6.92 Å². The van der Waals surface area contributed by atoms with Crippen molar-refractivity contribution in [2.45, 2.75) is 26.5 Å². The summed E-state index contributed by atoms with van der Waals surface area (Å²) in [7, 11) is 0. The number of ketones is 1. The Morgan fingerprint density at radius 1 is 1.59 bits per heavy atom. The first-order chi connectivity index (χ1) is 7.78. The van der Waals surface area contributed by atoms with Crippen molar-refractivity contribution in [2.75, 3.05) is 13.2 Å². The molecule has 0 aliphatic carbocycles.